The van der Waals surface area contributed by atoms with Crippen LogP contribution in [0.15, 0.2) is 35.4 Å². The van der Waals surface area contributed by atoms with Gasteiger partial charge >= 0.3 is 5.97 Å². The van der Waals surface area contributed by atoms with Crippen molar-refractivity contribution in [1.82, 2.24) is 0 Å². The number of unbranched alkanes of at least 4 members (excludes halogenated alkanes) is 2. The average molecular weight is 300 g/mol. The van der Waals surface area contributed by atoms with E-state index in [9.17, 15) is 14.4 Å². The smallest absolute Gasteiger partial charge is 0.305 e. The Morgan fingerprint density at radius 2 is 1.64 bits per heavy atom. The van der Waals surface area contributed by atoms with Crippen LogP contribution in [-0.4, -0.2) is 24.6 Å². The van der Waals surface area contributed by atoms with Crippen LogP contribution in [-0.2, 0) is 9.53 Å². The Morgan fingerprint density at radius 1 is 1.00 bits per heavy atom. The van der Waals surface area contributed by atoms with Crippen molar-refractivity contribution in [3.8, 4) is 0 Å². The van der Waals surface area contributed by atoms with Crippen molar-refractivity contribution in [2.24, 2.45) is 0 Å². The van der Waals surface area contributed by atoms with Gasteiger partial charge in [-0.05, 0) is 26.2 Å². The number of fused-ring (bicyclic) bond motifs is 1. The van der Waals surface area contributed by atoms with E-state index in [0.29, 0.717) is 35.1 Å². The molecule has 0 aromatic heterocycles. The van der Waals surface area contributed by atoms with E-state index in [-0.39, 0.29) is 17.5 Å². The van der Waals surface area contributed by atoms with Crippen LogP contribution in [0.1, 0.15) is 59.7 Å². The Kier molecular flexibility index (Phi) is 5.26. The summed E-state index contributed by atoms with van der Waals surface area (Å²) >= 11 is 0. The zero-order valence-electron chi connectivity index (χ0n) is 13.0. The fourth-order valence-electron chi connectivity index (χ4n) is 2.70. The fraction of sp³-hybridized carbons (Fsp3) is 0.389. The van der Waals surface area contributed by atoms with Crippen molar-refractivity contribution < 1.29 is 19.1 Å². The van der Waals surface area contributed by atoms with Gasteiger partial charge in [0.2, 0.25) is 0 Å². The third kappa shape index (κ3) is 3.32. The maximum atomic E-state index is 12.5. The first-order valence-corrected chi connectivity index (χ1v) is 7.51. The van der Waals surface area contributed by atoms with Crippen molar-refractivity contribution in [3.05, 3.63) is 46.5 Å². The van der Waals surface area contributed by atoms with Crippen molar-refractivity contribution in [2.75, 3.05) is 7.11 Å². The first-order valence-electron chi connectivity index (χ1n) is 7.51. The molecule has 2 rings (SSSR count). The number of allylic oxidation sites excluding steroid dienone is 2. The Hall–Kier alpha value is -2.23. The number of rotatable bonds is 6. The minimum absolute atomic E-state index is 0.0410. The van der Waals surface area contributed by atoms with Crippen molar-refractivity contribution in [3.63, 3.8) is 0 Å². The minimum atomic E-state index is -0.215. The lowest BCUT2D eigenvalue weighted by molar-refractivity contribution is -0.140. The standard InChI is InChI=1S/C18H20O4/c1-12-13(8-4-3-5-11-16(19)22-2)18(21)15-10-7-6-9-14(15)17(12)20/h6-7,9-10H,3-5,8,11H2,1-2H3. The summed E-state index contributed by atoms with van der Waals surface area (Å²) in [6.07, 6.45) is 3.31. The van der Waals surface area contributed by atoms with E-state index in [1.807, 2.05) is 0 Å². The fourth-order valence-corrected chi connectivity index (χ4v) is 2.70. The molecule has 0 bridgehead atoms. The van der Waals surface area contributed by atoms with Crippen molar-refractivity contribution in [1.29, 1.82) is 0 Å². The lowest BCUT2D eigenvalue weighted by Gasteiger charge is -2.18. The van der Waals surface area contributed by atoms with Gasteiger partial charge in [0.15, 0.2) is 11.6 Å². The van der Waals surface area contributed by atoms with Gasteiger partial charge in [-0.25, -0.2) is 0 Å². The lowest BCUT2D eigenvalue weighted by Crippen LogP contribution is -2.20. The molecule has 4 nitrogen and oxygen atoms in total. The summed E-state index contributed by atoms with van der Waals surface area (Å²) in [5.74, 6) is -0.311. The molecule has 0 radical (unpaired) electrons. The Morgan fingerprint density at radius 3 is 2.27 bits per heavy atom. The SMILES string of the molecule is COC(=O)CCCCCC1=C(C)C(=O)c2ccccc2C1=O. The summed E-state index contributed by atoms with van der Waals surface area (Å²) in [7, 11) is 1.38. The maximum absolute atomic E-state index is 12.5. The molecule has 1 aliphatic carbocycles. The van der Waals surface area contributed by atoms with Gasteiger partial charge < -0.3 is 4.74 Å². The van der Waals surface area contributed by atoms with E-state index in [0.717, 1.165) is 19.3 Å². The summed E-state index contributed by atoms with van der Waals surface area (Å²) in [4.78, 5) is 35.9. The van der Waals surface area contributed by atoms with Gasteiger partial charge in [0.05, 0.1) is 7.11 Å². The third-order valence-electron chi connectivity index (χ3n) is 4.02. The quantitative estimate of drug-likeness (QED) is 0.596. The molecule has 1 aromatic rings. The number of benzene rings is 1. The molecular formula is C18H20O4. The van der Waals surface area contributed by atoms with E-state index in [2.05, 4.69) is 4.74 Å². The van der Waals surface area contributed by atoms with E-state index >= 15 is 0 Å². The van der Waals surface area contributed by atoms with Gasteiger partial charge in [-0.1, -0.05) is 30.7 Å². The first kappa shape index (κ1) is 16.1. The van der Waals surface area contributed by atoms with Gasteiger partial charge in [-0.2, -0.15) is 0 Å². The molecule has 0 atom stereocenters. The van der Waals surface area contributed by atoms with Crippen LogP contribution in [0.4, 0.5) is 0 Å². The average Bonchev–Trinajstić information content (AvgIpc) is 2.55. The second kappa shape index (κ2) is 7.16. The highest BCUT2D eigenvalue weighted by Crippen LogP contribution is 2.29. The maximum Gasteiger partial charge on any atom is 0.305 e. The minimum Gasteiger partial charge on any atom is -0.469 e. The highest BCUT2D eigenvalue weighted by atomic mass is 16.5. The van der Waals surface area contributed by atoms with Crippen LogP contribution in [0.2, 0.25) is 0 Å². The van der Waals surface area contributed by atoms with Gasteiger partial charge in [0, 0.05) is 28.7 Å². The Labute approximate surface area is 130 Å². The summed E-state index contributed by atoms with van der Waals surface area (Å²) < 4.78 is 4.59. The molecule has 0 spiro atoms. The van der Waals surface area contributed by atoms with E-state index in [1.165, 1.54) is 7.11 Å². The number of hydrogen-bond acceptors (Lipinski definition) is 4. The highest BCUT2D eigenvalue weighted by Gasteiger charge is 2.28. The number of hydrogen-bond donors (Lipinski definition) is 0. The normalized spacial score (nSPS) is 14.1. The number of carbonyl (C=O) groups excluding carboxylic acids is 3. The van der Waals surface area contributed by atoms with E-state index < -0.39 is 0 Å². The molecule has 0 amide bonds. The first-order chi connectivity index (χ1) is 10.6. The molecule has 116 valence electrons. The number of ether oxygens (including phenoxy) is 1. The second-order valence-corrected chi connectivity index (χ2v) is 5.44. The Balaban J connectivity index is 1.99. The zero-order valence-corrected chi connectivity index (χ0v) is 13.0. The number of methoxy groups -OCH3 is 1. The summed E-state index contributed by atoms with van der Waals surface area (Å²) in [6.45, 7) is 1.72. The van der Waals surface area contributed by atoms with E-state index in [1.54, 1.807) is 31.2 Å². The van der Waals surface area contributed by atoms with Gasteiger partial charge in [0.25, 0.3) is 0 Å². The highest BCUT2D eigenvalue weighted by molar-refractivity contribution is 6.26. The van der Waals surface area contributed by atoms with Crippen LogP contribution in [0.25, 0.3) is 0 Å². The molecule has 4 heteroatoms. The topological polar surface area (TPSA) is 60.4 Å². The zero-order chi connectivity index (χ0) is 16.1. The molecule has 22 heavy (non-hydrogen) atoms. The molecule has 1 aliphatic rings. The van der Waals surface area contributed by atoms with Gasteiger partial charge in [-0.15, -0.1) is 0 Å². The lowest BCUT2D eigenvalue weighted by atomic mass is 9.83. The van der Waals surface area contributed by atoms with Crippen LogP contribution >= 0.6 is 0 Å². The summed E-state index contributed by atoms with van der Waals surface area (Å²) in [5, 5.41) is 0. The number of esters is 1. The van der Waals surface area contributed by atoms with Crippen molar-refractivity contribution in [2.45, 2.75) is 39.0 Å². The Bertz CT molecular complexity index is 640. The summed E-state index contributed by atoms with van der Waals surface area (Å²) in [5.41, 5.74) is 2.17. The van der Waals surface area contributed by atoms with Crippen LogP contribution in [0.5, 0.6) is 0 Å². The molecule has 0 N–H and O–H groups in total. The predicted molar refractivity (Wildman–Crippen MR) is 82.9 cm³/mol. The van der Waals surface area contributed by atoms with Crippen LogP contribution < -0.4 is 0 Å². The molecule has 1 aromatic carbocycles. The molecular weight excluding hydrogens is 280 g/mol. The predicted octanol–water partition coefficient (Wildman–Crippen LogP) is 3.51. The van der Waals surface area contributed by atoms with Gasteiger partial charge in [-0.3, -0.25) is 14.4 Å². The molecule has 0 saturated carbocycles. The molecule has 0 unspecified atom stereocenters. The monoisotopic (exact) mass is 300 g/mol. The molecule has 0 aliphatic heterocycles. The largest absolute Gasteiger partial charge is 0.469 e. The van der Waals surface area contributed by atoms with Crippen LogP contribution in [0.3, 0.4) is 0 Å². The van der Waals surface area contributed by atoms with Crippen LogP contribution in [0, 0.1) is 0 Å². The molecule has 0 heterocycles. The molecule has 0 saturated heterocycles. The molecule has 0 fully saturated rings. The number of carbonyl (C=O) groups is 3. The van der Waals surface area contributed by atoms with Crippen molar-refractivity contribution >= 4 is 17.5 Å². The summed E-state index contributed by atoms with van der Waals surface area (Å²) in [6, 6.07) is 6.96. The van der Waals surface area contributed by atoms with E-state index in [4.69, 9.17) is 0 Å². The number of ketones is 2. The van der Waals surface area contributed by atoms with Gasteiger partial charge in [0.1, 0.15) is 0 Å². The number of Topliss-reactive ketones (excluding diaryl/α,β-unsaturated/α-hetero) is 2. The second-order valence-electron chi connectivity index (χ2n) is 5.44. The third-order valence-corrected chi connectivity index (χ3v) is 4.02.